The molecule has 0 bridgehead atoms. The molecule has 6 nitrogen and oxygen atoms in total. The lowest BCUT2D eigenvalue weighted by Gasteiger charge is -2.37. The van der Waals surface area contributed by atoms with Gasteiger partial charge in [-0.05, 0) is 6.92 Å². The minimum atomic E-state index is 0.106. The normalized spacial score (nSPS) is 16.1. The third kappa shape index (κ3) is 2.15. The first-order valence-electron chi connectivity index (χ1n) is 5.14. The fraction of sp³-hybridized carbons (Fsp3) is 0.667. The molecular weight excluding hydrogens is 194 g/mol. The molecule has 1 aliphatic rings. The number of likely N-dealkylation sites (N-methyl/N-ethyl adjacent to an activating group) is 1. The molecule has 1 fully saturated rings. The monoisotopic (exact) mass is 209 g/mol. The van der Waals surface area contributed by atoms with Crippen LogP contribution in [0.1, 0.15) is 6.92 Å². The zero-order chi connectivity index (χ0) is 10.7. The first kappa shape index (κ1) is 10.1. The van der Waals surface area contributed by atoms with Crippen LogP contribution in [0.4, 0.5) is 0 Å². The summed E-state index contributed by atoms with van der Waals surface area (Å²) in [5.74, 6) is 0.106. The van der Waals surface area contributed by atoms with Crippen molar-refractivity contribution in [2.45, 2.75) is 19.5 Å². The Morgan fingerprint density at radius 1 is 1.67 bits per heavy atom. The summed E-state index contributed by atoms with van der Waals surface area (Å²) in [5.41, 5.74) is 0. The predicted octanol–water partition coefficient (Wildman–Crippen LogP) is -0.902. The Bertz CT molecular complexity index is 319. The number of nitrogens with zero attached hydrogens (tertiary/aromatic N) is 4. The van der Waals surface area contributed by atoms with Crippen LogP contribution in [0.5, 0.6) is 0 Å². The molecule has 1 amide bonds. The van der Waals surface area contributed by atoms with Gasteiger partial charge in [-0.15, -0.1) is 0 Å². The summed E-state index contributed by atoms with van der Waals surface area (Å²) in [6.07, 6.45) is 3.00. The van der Waals surface area contributed by atoms with Gasteiger partial charge in [0, 0.05) is 19.6 Å². The molecule has 82 valence electrons. The Morgan fingerprint density at radius 3 is 2.93 bits per heavy atom. The Kier molecular flexibility index (Phi) is 2.96. The van der Waals surface area contributed by atoms with Crippen LogP contribution in [0, 0.1) is 0 Å². The summed E-state index contributed by atoms with van der Waals surface area (Å²) < 4.78 is 1.55. The average molecular weight is 209 g/mol. The van der Waals surface area contributed by atoms with Gasteiger partial charge in [-0.2, -0.15) is 5.10 Å². The molecule has 6 heteroatoms. The summed E-state index contributed by atoms with van der Waals surface area (Å²) in [5, 5.41) is 7.08. The van der Waals surface area contributed by atoms with Crippen molar-refractivity contribution < 1.29 is 4.79 Å². The zero-order valence-electron chi connectivity index (χ0n) is 8.76. The summed E-state index contributed by atoms with van der Waals surface area (Å²) >= 11 is 0. The van der Waals surface area contributed by atoms with Crippen LogP contribution in [0.2, 0.25) is 0 Å². The summed E-state index contributed by atoms with van der Waals surface area (Å²) in [7, 11) is 0. The molecule has 1 aromatic heterocycles. The van der Waals surface area contributed by atoms with Gasteiger partial charge in [0.15, 0.2) is 0 Å². The predicted molar refractivity (Wildman–Crippen MR) is 54.1 cm³/mol. The van der Waals surface area contributed by atoms with Gasteiger partial charge in [0.05, 0.1) is 6.04 Å². The molecule has 0 aromatic carbocycles. The second kappa shape index (κ2) is 4.39. The molecule has 1 N–H and O–H groups in total. The topological polar surface area (TPSA) is 63.1 Å². The average Bonchev–Trinajstić information content (AvgIpc) is 2.63. The van der Waals surface area contributed by atoms with Gasteiger partial charge >= 0.3 is 0 Å². The zero-order valence-corrected chi connectivity index (χ0v) is 8.76. The lowest BCUT2D eigenvalue weighted by molar-refractivity contribution is -0.135. The molecule has 0 aliphatic carbocycles. The fourth-order valence-corrected chi connectivity index (χ4v) is 1.68. The van der Waals surface area contributed by atoms with Crippen LogP contribution in [0.15, 0.2) is 12.7 Å². The Hall–Kier alpha value is -1.43. The number of hydrogen-bond donors (Lipinski definition) is 1. The molecule has 15 heavy (non-hydrogen) atoms. The van der Waals surface area contributed by atoms with Crippen molar-refractivity contribution >= 4 is 5.91 Å². The minimum absolute atomic E-state index is 0.106. The summed E-state index contributed by atoms with van der Waals surface area (Å²) in [4.78, 5) is 17.6. The molecule has 1 aliphatic heterocycles. The SMILES string of the molecule is CCN(C(=O)Cn1cncn1)C1CNC1. The first-order chi connectivity index (χ1) is 7.31. The first-order valence-corrected chi connectivity index (χ1v) is 5.14. The molecule has 0 spiro atoms. The maximum Gasteiger partial charge on any atom is 0.244 e. The van der Waals surface area contributed by atoms with Crippen LogP contribution in [-0.4, -0.2) is 51.2 Å². The van der Waals surface area contributed by atoms with E-state index in [1.54, 1.807) is 11.0 Å². The Balaban J connectivity index is 1.93. The number of carbonyl (C=O) groups excluding carboxylic acids is 1. The second-order valence-corrected chi connectivity index (χ2v) is 3.58. The van der Waals surface area contributed by atoms with Crippen LogP contribution in [0.25, 0.3) is 0 Å². The van der Waals surface area contributed by atoms with E-state index in [4.69, 9.17) is 0 Å². The molecule has 0 atom stereocenters. The van der Waals surface area contributed by atoms with Crippen molar-refractivity contribution in [3.8, 4) is 0 Å². The third-order valence-corrected chi connectivity index (χ3v) is 2.63. The maximum atomic E-state index is 11.9. The van der Waals surface area contributed by atoms with E-state index in [-0.39, 0.29) is 12.5 Å². The van der Waals surface area contributed by atoms with Gasteiger partial charge < -0.3 is 10.2 Å². The van der Waals surface area contributed by atoms with Crippen molar-refractivity contribution in [1.29, 1.82) is 0 Å². The van der Waals surface area contributed by atoms with E-state index in [2.05, 4.69) is 15.4 Å². The Morgan fingerprint density at radius 2 is 2.47 bits per heavy atom. The maximum absolute atomic E-state index is 11.9. The summed E-state index contributed by atoms with van der Waals surface area (Å²) in [6, 6.07) is 0.353. The molecule has 1 aromatic rings. The minimum Gasteiger partial charge on any atom is -0.336 e. The standard InChI is InChI=1S/C9H15N5O/c1-2-14(8-3-10-4-8)9(15)5-13-7-11-6-12-13/h6-8,10H,2-5H2,1H3. The van der Waals surface area contributed by atoms with Crippen LogP contribution in [-0.2, 0) is 11.3 Å². The van der Waals surface area contributed by atoms with Gasteiger partial charge in [0.1, 0.15) is 19.2 Å². The molecular formula is C9H15N5O. The lowest BCUT2D eigenvalue weighted by Crippen LogP contribution is -2.59. The number of carbonyl (C=O) groups is 1. The second-order valence-electron chi connectivity index (χ2n) is 3.58. The highest BCUT2D eigenvalue weighted by Gasteiger charge is 2.27. The quantitative estimate of drug-likeness (QED) is 0.698. The van der Waals surface area contributed by atoms with E-state index >= 15 is 0 Å². The van der Waals surface area contributed by atoms with E-state index < -0.39 is 0 Å². The molecule has 0 unspecified atom stereocenters. The van der Waals surface area contributed by atoms with Crippen LogP contribution >= 0.6 is 0 Å². The molecule has 2 heterocycles. The lowest BCUT2D eigenvalue weighted by atomic mass is 10.1. The van der Waals surface area contributed by atoms with E-state index in [0.29, 0.717) is 6.04 Å². The van der Waals surface area contributed by atoms with Gasteiger partial charge in [-0.25, -0.2) is 9.67 Å². The van der Waals surface area contributed by atoms with Gasteiger partial charge in [0.25, 0.3) is 0 Å². The van der Waals surface area contributed by atoms with Gasteiger partial charge in [-0.1, -0.05) is 0 Å². The molecule has 0 radical (unpaired) electrons. The van der Waals surface area contributed by atoms with Crippen molar-refractivity contribution in [2.75, 3.05) is 19.6 Å². The highest BCUT2D eigenvalue weighted by Crippen LogP contribution is 2.05. The van der Waals surface area contributed by atoms with Crippen molar-refractivity contribution in [3.63, 3.8) is 0 Å². The Labute approximate surface area is 88.3 Å². The van der Waals surface area contributed by atoms with Gasteiger partial charge in [-0.3, -0.25) is 4.79 Å². The largest absolute Gasteiger partial charge is 0.336 e. The van der Waals surface area contributed by atoms with E-state index in [1.165, 1.54) is 6.33 Å². The number of rotatable bonds is 4. The van der Waals surface area contributed by atoms with E-state index in [1.807, 2.05) is 11.8 Å². The van der Waals surface area contributed by atoms with Gasteiger partial charge in [0.2, 0.25) is 5.91 Å². The third-order valence-electron chi connectivity index (χ3n) is 2.63. The summed E-state index contributed by atoms with van der Waals surface area (Å²) in [6.45, 7) is 4.83. The van der Waals surface area contributed by atoms with Crippen LogP contribution in [0.3, 0.4) is 0 Å². The molecule has 0 saturated carbocycles. The number of hydrogen-bond acceptors (Lipinski definition) is 4. The number of amides is 1. The fourth-order valence-electron chi connectivity index (χ4n) is 1.68. The highest BCUT2D eigenvalue weighted by molar-refractivity contribution is 5.76. The number of nitrogens with one attached hydrogen (secondary N) is 1. The van der Waals surface area contributed by atoms with E-state index in [9.17, 15) is 4.79 Å². The molecule has 1 saturated heterocycles. The number of aromatic nitrogens is 3. The van der Waals surface area contributed by atoms with Crippen LogP contribution < -0.4 is 5.32 Å². The highest BCUT2D eigenvalue weighted by atomic mass is 16.2. The van der Waals surface area contributed by atoms with Crippen molar-refractivity contribution in [2.24, 2.45) is 0 Å². The van der Waals surface area contributed by atoms with Crippen molar-refractivity contribution in [3.05, 3.63) is 12.7 Å². The smallest absolute Gasteiger partial charge is 0.244 e. The van der Waals surface area contributed by atoms with E-state index in [0.717, 1.165) is 19.6 Å². The van der Waals surface area contributed by atoms with Crippen molar-refractivity contribution in [1.82, 2.24) is 25.0 Å². The molecule has 2 rings (SSSR count).